The third-order valence-electron chi connectivity index (χ3n) is 4.68. The third kappa shape index (κ3) is 5.18. The van der Waals surface area contributed by atoms with Crippen LogP contribution in [0.5, 0.6) is 5.75 Å². The number of halogens is 1. The molecule has 0 fully saturated rings. The number of ether oxygens (including phenoxy) is 4. The summed E-state index contributed by atoms with van der Waals surface area (Å²) in [5, 5.41) is 2.29. The summed E-state index contributed by atoms with van der Waals surface area (Å²) in [6, 6.07) is 12.5. The van der Waals surface area contributed by atoms with Gasteiger partial charge in [0, 0.05) is 37.7 Å². The van der Waals surface area contributed by atoms with Crippen molar-refractivity contribution in [2.45, 2.75) is 6.73 Å². The Labute approximate surface area is 170 Å². The molecule has 0 saturated carbocycles. The monoisotopic (exact) mass is 404 g/mol. The van der Waals surface area contributed by atoms with Gasteiger partial charge in [-0.25, -0.2) is 4.39 Å². The van der Waals surface area contributed by atoms with E-state index in [1.165, 1.54) is 0 Å². The first-order chi connectivity index (χ1) is 14.2. The van der Waals surface area contributed by atoms with Crippen LogP contribution < -0.4 is 9.64 Å². The lowest BCUT2D eigenvalue weighted by molar-refractivity contribution is 0.0325. The lowest BCUT2D eigenvalue weighted by Crippen LogP contribution is -2.11. The summed E-state index contributed by atoms with van der Waals surface area (Å²) in [6.07, 6.45) is 0. The number of benzene rings is 2. The Morgan fingerprint density at radius 1 is 0.862 bits per heavy atom. The number of fused-ring (bicyclic) bond motifs is 3. The number of hydrogen-bond donors (Lipinski definition) is 0. The molecule has 7 heteroatoms. The normalized spacial score (nSPS) is 11.4. The molecule has 0 unspecified atom stereocenters. The van der Waals surface area contributed by atoms with E-state index in [1.54, 1.807) is 7.11 Å². The minimum Gasteiger partial charge on any atom is -0.491 e. The first-order valence-corrected chi connectivity index (χ1v) is 9.72. The second kappa shape index (κ2) is 10.4. The smallest absolute Gasteiger partial charge is 0.123 e. The van der Waals surface area contributed by atoms with Crippen LogP contribution in [0.2, 0.25) is 0 Å². The Bertz CT molecular complexity index is 926. The second-order valence-electron chi connectivity index (χ2n) is 6.88. The molecule has 1 heterocycles. The van der Waals surface area contributed by atoms with Gasteiger partial charge in [-0.05, 0) is 36.4 Å². The van der Waals surface area contributed by atoms with Gasteiger partial charge >= 0.3 is 0 Å². The van der Waals surface area contributed by atoms with Crippen molar-refractivity contribution >= 4 is 27.5 Å². The molecule has 3 rings (SSSR count). The molecule has 0 N–H and O–H groups in total. The fraction of sp³-hybridized carbons (Fsp3) is 0.455. The summed E-state index contributed by atoms with van der Waals surface area (Å²) in [5.74, 6) is 0.793. The van der Waals surface area contributed by atoms with Gasteiger partial charge in [0.25, 0.3) is 0 Å². The van der Waals surface area contributed by atoms with Gasteiger partial charge < -0.3 is 28.4 Å². The number of nitrogens with zero attached hydrogens (tertiary/aromatic N) is 2. The topological polar surface area (TPSA) is 45.1 Å². The lowest BCUT2D eigenvalue weighted by atomic mass is 10.1. The maximum absolute atomic E-state index is 11.9. The molecular formula is C22H29FN2O4. The van der Waals surface area contributed by atoms with E-state index in [0.717, 1.165) is 33.2 Å². The highest BCUT2D eigenvalue weighted by Crippen LogP contribution is 2.34. The van der Waals surface area contributed by atoms with Gasteiger partial charge in [0.05, 0.1) is 37.5 Å². The Morgan fingerprint density at radius 3 is 2.21 bits per heavy atom. The maximum Gasteiger partial charge on any atom is 0.123 e. The molecule has 6 nitrogen and oxygen atoms in total. The number of anilines is 1. The van der Waals surface area contributed by atoms with Gasteiger partial charge in [0.15, 0.2) is 0 Å². The van der Waals surface area contributed by atoms with E-state index in [0.29, 0.717) is 33.2 Å². The molecule has 0 amide bonds. The van der Waals surface area contributed by atoms with E-state index in [-0.39, 0.29) is 6.61 Å². The van der Waals surface area contributed by atoms with Crippen molar-refractivity contribution in [2.24, 2.45) is 0 Å². The number of hydrogen-bond acceptors (Lipinski definition) is 5. The molecule has 0 aliphatic heterocycles. The number of alkyl halides is 1. The summed E-state index contributed by atoms with van der Waals surface area (Å²) in [5.41, 5.74) is 3.37. The van der Waals surface area contributed by atoms with Crippen LogP contribution in [0.1, 0.15) is 0 Å². The maximum atomic E-state index is 11.9. The number of aromatic nitrogens is 1. The van der Waals surface area contributed by atoms with E-state index < -0.39 is 6.67 Å². The Hall–Kier alpha value is -2.35. The van der Waals surface area contributed by atoms with Gasteiger partial charge in [0.1, 0.15) is 25.8 Å². The van der Waals surface area contributed by atoms with Crippen LogP contribution in [0.25, 0.3) is 21.8 Å². The molecule has 0 spiro atoms. The summed E-state index contributed by atoms with van der Waals surface area (Å²) in [6.45, 7) is 1.85. The molecule has 2 aromatic carbocycles. The van der Waals surface area contributed by atoms with Gasteiger partial charge in [-0.1, -0.05) is 0 Å². The second-order valence-corrected chi connectivity index (χ2v) is 6.88. The summed E-state index contributed by atoms with van der Waals surface area (Å²) in [4.78, 5) is 2.09. The van der Waals surface area contributed by atoms with Gasteiger partial charge in [-0.2, -0.15) is 0 Å². The zero-order chi connectivity index (χ0) is 20.6. The standard InChI is InChI=1S/C22H29FN2O4/c1-24(2)17-4-6-21-19(14-17)20-15-18(5-7-22(20)25(21)16-26-3)29-13-12-28-11-10-27-9-8-23/h4-7,14-15H,8-13,16H2,1-3H3. The van der Waals surface area contributed by atoms with Crippen LogP contribution in [0.3, 0.4) is 0 Å². The van der Waals surface area contributed by atoms with Crippen molar-refractivity contribution in [1.82, 2.24) is 4.57 Å². The fourth-order valence-electron chi connectivity index (χ4n) is 3.30. The quantitative estimate of drug-likeness (QED) is 0.429. The van der Waals surface area contributed by atoms with E-state index >= 15 is 0 Å². The zero-order valence-electron chi connectivity index (χ0n) is 17.3. The van der Waals surface area contributed by atoms with Gasteiger partial charge in [-0.3, -0.25) is 0 Å². The summed E-state index contributed by atoms with van der Waals surface area (Å²) >= 11 is 0. The van der Waals surface area contributed by atoms with Crippen molar-refractivity contribution in [3.63, 3.8) is 0 Å². The van der Waals surface area contributed by atoms with E-state index in [2.05, 4.69) is 39.8 Å². The molecular weight excluding hydrogens is 375 g/mol. The Kier molecular flexibility index (Phi) is 7.69. The molecule has 0 bridgehead atoms. The largest absolute Gasteiger partial charge is 0.491 e. The molecule has 0 aliphatic rings. The molecule has 1 aromatic heterocycles. The first kappa shape index (κ1) is 21.4. The first-order valence-electron chi connectivity index (χ1n) is 9.72. The molecule has 0 atom stereocenters. The van der Waals surface area contributed by atoms with Crippen molar-refractivity contribution < 1.29 is 23.3 Å². The summed E-state index contributed by atoms with van der Waals surface area (Å²) < 4.78 is 35.8. The van der Waals surface area contributed by atoms with E-state index in [4.69, 9.17) is 18.9 Å². The minimum absolute atomic E-state index is 0.117. The van der Waals surface area contributed by atoms with Crippen molar-refractivity contribution in [3.8, 4) is 5.75 Å². The van der Waals surface area contributed by atoms with Crippen molar-refractivity contribution in [1.29, 1.82) is 0 Å². The van der Waals surface area contributed by atoms with E-state index in [1.807, 2.05) is 20.2 Å². The highest BCUT2D eigenvalue weighted by molar-refractivity contribution is 6.09. The SMILES string of the molecule is COCn1c2ccc(OCCOCCOCCF)cc2c2cc(N(C)C)ccc21. The van der Waals surface area contributed by atoms with E-state index in [9.17, 15) is 4.39 Å². The lowest BCUT2D eigenvalue weighted by Gasteiger charge is -2.12. The van der Waals surface area contributed by atoms with Crippen LogP contribution >= 0.6 is 0 Å². The molecule has 158 valence electrons. The van der Waals surface area contributed by atoms with Crippen LogP contribution in [-0.4, -0.2) is 65.5 Å². The van der Waals surface area contributed by atoms with Gasteiger partial charge in [0.2, 0.25) is 0 Å². The molecule has 0 aliphatic carbocycles. The highest BCUT2D eigenvalue weighted by atomic mass is 19.1. The molecule has 3 aromatic rings. The third-order valence-corrected chi connectivity index (χ3v) is 4.68. The highest BCUT2D eigenvalue weighted by Gasteiger charge is 2.13. The van der Waals surface area contributed by atoms with Crippen LogP contribution in [0, 0.1) is 0 Å². The number of rotatable bonds is 12. The van der Waals surface area contributed by atoms with Crippen molar-refractivity contribution in [3.05, 3.63) is 36.4 Å². The zero-order valence-corrected chi connectivity index (χ0v) is 17.3. The average molecular weight is 404 g/mol. The Balaban J connectivity index is 1.74. The predicted molar refractivity (Wildman–Crippen MR) is 114 cm³/mol. The average Bonchev–Trinajstić information content (AvgIpc) is 3.03. The van der Waals surface area contributed by atoms with Crippen LogP contribution in [0.15, 0.2) is 36.4 Å². The van der Waals surface area contributed by atoms with Crippen LogP contribution in [0.4, 0.5) is 10.1 Å². The predicted octanol–water partition coefficient (Wildman–Crippen LogP) is 3.85. The molecule has 29 heavy (non-hydrogen) atoms. The van der Waals surface area contributed by atoms with Gasteiger partial charge in [-0.15, -0.1) is 0 Å². The Morgan fingerprint density at radius 2 is 1.52 bits per heavy atom. The summed E-state index contributed by atoms with van der Waals surface area (Å²) in [7, 11) is 5.77. The molecule has 0 radical (unpaired) electrons. The van der Waals surface area contributed by atoms with Crippen molar-refractivity contribution in [2.75, 3.05) is 65.8 Å². The van der Waals surface area contributed by atoms with Crippen LogP contribution in [-0.2, 0) is 20.9 Å². The number of methoxy groups -OCH3 is 1. The minimum atomic E-state index is -0.470. The fourth-order valence-corrected chi connectivity index (χ4v) is 3.30. The molecule has 0 saturated heterocycles.